The molecule has 0 saturated carbocycles. The summed E-state index contributed by atoms with van der Waals surface area (Å²) >= 11 is 0. The van der Waals surface area contributed by atoms with Crippen LogP contribution in [0.4, 0.5) is 5.69 Å². The highest BCUT2D eigenvalue weighted by molar-refractivity contribution is 5.83. The lowest BCUT2D eigenvalue weighted by Gasteiger charge is -2.07. The molecule has 0 aliphatic heterocycles. The number of nitrogen functional groups attached to an aromatic ring is 1. The molecule has 0 unspecified atom stereocenters. The van der Waals surface area contributed by atoms with Crippen LogP contribution in [0.15, 0.2) is 34.7 Å². The van der Waals surface area contributed by atoms with E-state index in [0.29, 0.717) is 23.1 Å². The van der Waals surface area contributed by atoms with Crippen LogP contribution in [-0.2, 0) is 0 Å². The monoisotopic (exact) mass is 284 g/mol. The van der Waals surface area contributed by atoms with Crippen LogP contribution in [0.2, 0.25) is 0 Å². The molecule has 0 saturated heterocycles. The molecule has 0 atom stereocenters. The third-order valence-electron chi connectivity index (χ3n) is 3.34. The first-order valence-electron chi connectivity index (χ1n) is 6.51. The number of anilines is 1. The minimum Gasteiger partial charge on any atom is -0.497 e. The molecule has 5 heteroatoms. The van der Waals surface area contributed by atoms with E-state index in [9.17, 15) is 0 Å². The summed E-state index contributed by atoms with van der Waals surface area (Å²) in [7, 11) is 3.21. The van der Waals surface area contributed by atoms with Gasteiger partial charge in [-0.05, 0) is 36.8 Å². The molecule has 1 aromatic heterocycles. The van der Waals surface area contributed by atoms with E-state index in [1.165, 1.54) is 0 Å². The fraction of sp³-hybridized carbons (Fsp3) is 0.188. The van der Waals surface area contributed by atoms with Crippen molar-refractivity contribution in [3.63, 3.8) is 0 Å². The number of fused-ring (bicyclic) bond motifs is 1. The van der Waals surface area contributed by atoms with E-state index in [1.807, 2.05) is 25.1 Å². The summed E-state index contributed by atoms with van der Waals surface area (Å²) in [6, 6.07) is 9.16. The number of methoxy groups -OCH3 is 2. The van der Waals surface area contributed by atoms with Gasteiger partial charge in [-0.3, -0.25) is 0 Å². The summed E-state index contributed by atoms with van der Waals surface area (Å²) in [6.07, 6.45) is 0. The molecule has 0 aliphatic rings. The minimum absolute atomic E-state index is 0.498. The van der Waals surface area contributed by atoms with Gasteiger partial charge in [0.25, 0.3) is 0 Å². The zero-order valence-corrected chi connectivity index (χ0v) is 12.1. The highest BCUT2D eigenvalue weighted by atomic mass is 16.5. The summed E-state index contributed by atoms with van der Waals surface area (Å²) in [5.74, 6) is 1.86. The molecule has 3 rings (SSSR count). The van der Waals surface area contributed by atoms with E-state index in [1.54, 1.807) is 26.4 Å². The standard InChI is InChI=1S/C16H16N2O3/c1-9-6-10(17)7-13-15(9)21-16(18-13)12-5-4-11(19-2)8-14(12)20-3/h4-8H,17H2,1-3H3. The molecule has 0 fully saturated rings. The van der Waals surface area contributed by atoms with E-state index in [2.05, 4.69) is 4.98 Å². The molecular weight excluding hydrogens is 268 g/mol. The van der Waals surface area contributed by atoms with Gasteiger partial charge in [-0.2, -0.15) is 0 Å². The lowest BCUT2D eigenvalue weighted by Crippen LogP contribution is -1.90. The van der Waals surface area contributed by atoms with Crippen molar-refractivity contribution < 1.29 is 13.9 Å². The van der Waals surface area contributed by atoms with Crippen LogP contribution in [0.1, 0.15) is 5.56 Å². The second-order valence-corrected chi connectivity index (χ2v) is 4.77. The highest BCUT2D eigenvalue weighted by Crippen LogP contribution is 2.35. The van der Waals surface area contributed by atoms with Crippen molar-refractivity contribution in [1.29, 1.82) is 0 Å². The van der Waals surface area contributed by atoms with Gasteiger partial charge in [0.05, 0.1) is 19.8 Å². The first-order valence-corrected chi connectivity index (χ1v) is 6.51. The smallest absolute Gasteiger partial charge is 0.231 e. The molecule has 0 bridgehead atoms. The number of nitrogens with zero attached hydrogens (tertiary/aromatic N) is 1. The average Bonchev–Trinajstić information content (AvgIpc) is 2.90. The maximum absolute atomic E-state index is 5.87. The average molecular weight is 284 g/mol. The van der Waals surface area contributed by atoms with Crippen LogP contribution in [-0.4, -0.2) is 19.2 Å². The van der Waals surface area contributed by atoms with E-state index in [0.717, 1.165) is 22.2 Å². The Morgan fingerprint density at radius 2 is 1.90 bits per heavy atom. The Morgan fingerprint density at radius 1 is 1.10 bits per heavy atom. The Morgan fingerprint density at radius 3 is 2.62 bits per heavy atom. The number of nitrogens with two attached hydrogens (primary N) is 1. The van der Waals surface area contributed by atoms with Crippen LogP contribution in [0.25, 0.3) is 22.6 Å². The highest BCUT2D eigenvalue weighted by Gasteiger charge is 2.15. The zero-order valence-electron chi connectivity index (χ0n) is 12.1. The molecule has 0 amide bonds. The molecule has 108 valence electrons. The van der Waals surface area contributed by atoms with Gasteiger partial charge in [-0.25, -0.2) is 4.98 Å². The maximum atomic E-state index is 5.87. The fourth-order valence-corrected chi connectivity index (χ4v) is 2.32. The van der Waals surface area contributed by atoms with Crippen LogP contribution in [0.3, 0.4) is 0 Å². The van der Waals surface area contributed by atoms with Gasteiger partial charge in [0.1, 0.15) is 17.0 Å². The second-order valence-electron chi connectivity index (χ2n) is 4.77. The predicted molar refractivity (Wildman–Crippen MR) is 81.7 cm³/mol. The first kappa shape index (κ1) is 13.3. The Kier molecular flexibility index (Phi) is 3.17. The third-order valence-corrected chi connectivity index (χ3v) is 3.34. The van der Waals surface area contributed by atoms with Gasteiger partial charge < -0.3 is 19.6 Å². The van der Waals surface area contributed by atoms with Crippen molar-refractivity contribution in [2.45, 2.75) is 6.92 Å². The van der Waals surface area contributed by atoms with E-state index < -0.39 is 0 Å². The van der Waals surface area contributed by atoms with Crippen molar-refractivity contribution in [2.75, 3.05) is 20.0 Å². The lowest BCUT2D eigenvalue weighted by atomic mass is 10.2. The summed E-state index contributed by atoms with van der Waals surface area (Å²) < 4.78 is 16.4. The Hall–Kier alpha value is -2.69. The van der Waals surface area contributed by atoms with Crippen molar-refractivity contribution in [1.82, 2.24) is 4.98 Å². The van der Waals surface area contributed by atoms with Crippen molar-refractivity contribution in [3.05, 3.63) is 35.9 Å². The third kappa shape index (κ3) is 2.27. The van der Waals surface area contributed by atoms with Crippen LogP contribution in [0, 0.1) is 6.92 Å². The number of aromatic nitrogens is 1. The van der Waals surface area contributed by atoms with E-state index in [4.69, 9.17) is 19.6 Å². The van der Waals surface area contributed by atoms with Gasteiger partial charge in [-0.15, -0.1) is 0 Å². The molecule has 1 heterocycles. The summed E-state index contributed by atoms with van der Waals surface area (Å²) in [4.78, 5) is 4.50. The molecule has 0 radical (unpaired) electrons. The number of aryl methyl sites for hydroxylation is 1. The topological polar surface area (TPSA) is 70.5 Å². The molecule has 2 aromatic carbocycles. The molecule has 3 aromatic rings. The molecule has 21 heavy (non-hydrogen) atoms. The van der Waals surface area contributed by atoms with Gasteiger partial charge in [-0.1, -0.05) is 0 Å². The van der Waals surface area contributed by atoms with Crippen molar-refractivity contribution in [3.8, 4) is 23.0 Å². The minimum atomic E-state index is 0.498. The van der Waals surface area contributed by atoms with Crippen molar-refractivity contribution >= 4 is 16.8 Å². The van der Waals surface area contributed by atoms with Crippen molar-refractivity contribution in [2.24, 2.45) is 0 Å². The largest absolute Gasteiger partial charge is 0.497 e. The second kappa shape index (κ2) is 5.01. The van der Waals surface area contributed by atoms with E-state index >= 15 is 0 Å². The maximum Gasteiger partial charge on any atom is 0.231 e. The Balaban J connectivity index is 2.18. The molecule has 2 N–H and O–H groups in total. The Bertz CT molecular complexity index is 809. The molecule has 0 spiro atoms. The van der Waals surface area contributed by atoms with E-state index in [-0.39, 0.29) is 0 Å². The SMILES string of the molecule is COc1ccc(-c2nc3cc(N)cc(C)c3o2)c(OC)c1. The fourth-order valence-electron chi connectivity index (χ4n) is 2.32. The molecule has 5 nitrogen and oxygen atoms in total. The molecular formula is C16H16N2O3. The number of ether oxygens (including phenoxy) is 2. The predicted octanol–water partition coefficient (Wildman–Crippen LogP) is 3.40. The summed E-state index contributed by atoms with van der Waals surface area (Å²) in [6.45, 7) is 1.94. The first-order chi connectivity index (χ1) is 10.1. The number of oxazole rings is 1. The van der Waals surface area contributed by atoms with Crippen LogP contribution >= 0.6 is 0 Å². The normalized spacial score (nSPS) is 10.8. The lowest BCUT2D eigenvalue weighted by molar-refractivity contribution is 0.394. The molecule has 0 aliphatic carbocycles. The number of hydrogen-bond donors (Lipinski definition) is 1. The Labute approximate surface area is 122 Å². The van der Waals surface area contributed by atoms with Crippen LogP contribution in [0.5, 0.6) is 11.5 Å². The van der Waals surface area contributed by atoms with Gasteiger partial charge >= 0.3 is 0 Å². The van der Waals surface area contributed by atoms with Crippen LogP contribution < -0.4 is 15.2 Å². The van der Waals surface area contributed by atoms with Gasteiger partial charge in [0.2, 0.25) is 5.89 Å². The summed E-state index contributed by atoms with van der Waals surface area (Å²) in [5, 5.41) is 0. The zero-order chi connectivity index (χ0) is 15.0. The quantitative estimate of drug-likeness (QED) is 0.746. The van der Waals surface area contributed by atoms with Gasteiger partial charge in [0, 0.05) is 11.8 Å². The summed E-state index contributed by atoms with van der Waals surface area (Å²) in [5.41, 5.74) is 9.71. The van der Waals surface area contributed by atoms with Gasteiger partial charge in [0.15, 0.2) is 5.58 Å². The number of benzene rings is 2. The number of hydrogen-bond acceptors (Lipinski definition) is 5. The number of rotatable bonds is 3.